The third-order valence-electron chi connectivity index (χ3n) is 2.09. The van der Waals surface area contributed by atoms with Gasteiger partial charge in [0.1, 0.15) is 0 Å². The first-order valence-electron chi connectivity index (χ1n) is 5.77. The van der Waals surface area contributed by atoms with Crippen LogP contribution < -0.4 is 5.30 Å². The summed E-state index contributed by atoms with van der Waals surface area (Å²) in [6.45, 7) is 4.56. The summed E-state index contributed by atoms with van der Waals surface area (Å²) < 4.78 is 10.0. The van der Waals surface area contributed by atoms with Crippen LogP contribution in [0.25, 0.3) is 0 Å². The van der Waals surface area contributed by atoms with Crippen molar-refractivity contribution in [1.82, 2.24) is 0 Å². The normalized spacial score (nSPS) is 12.8. The van der Waals surface area contributed by atoms with Crippen LogP contribution in [0.1, 0.15) is 24.2 Å². The van der Waals surface area contributed by atoms with Gasteiger partial charge in [0.15, 0.2) is 8.38 Å². The Morgan fingerprint density at radius 2 is 1.94 bits per heavy atom. The zero-order valence-electron chi connectivity index (χ0n) is 10.5. The van der Waals surface area contributed by atoms with E-state index in [9.17, 15) is 9.69 Å². The van der Waals surface area contributed by atoms with Gasteiger partial charge in [-0.3, -0.25) is 0 Å². The Hall–Kier alpha value is -0.530. The molecule has 1 aromatic rings. The molecule has 0 aliphatic carbocycles. The summed E-state index contributed by atoms with van der Waals surface area (Å²) in [7, 11) is -0.822. The zero-order chi connectivity index (χ0) is 13.4. The van der Waals surface area contributed by atoms with Gasteiger partial charge in [-0.15, -0.1) is 0 Å². The number of carbonyl (C=O) groups is 1. The fraction of sp³-hybridized carbons (Fsp3) is 0.417. The van der Waals surface area contributed by atoms with E-state index >= 15 is 0 Å². The summed E-state index contributed by atoms with van der Waals surface area (Å²) in [6.07, 6.45) is 0. The molecule has 0 radical (unpaired) electrons. The van der Waals surface area contributed by atoms with E-state index in [2.05, 4.69) is 0 Å². The maximum atomic E-state index is 11.4. The molecule has 1 rings (SSSR count). The predicted octanol–water partition coefficient (Wildman–Crippen LogP) is 2.47. The number of rotatable bonds is 7. The molecule has 0 fully saturated rings. The van der Waals surface area contributed by atoms with Crippen LogP contribution in [0.3, 0.4) is 0 Å². The van der Waals surface area contributed by atoms with E-state index in [4.69, 9.17) is 9.26 Å². The lowest BCUT2D eigenvalue weighted by molar-refractivity contribution is 0.0526. The number of hydrogen-bond acceptors (Lipinski definition) is 4. The van der Waals surface area contributed by atoms with Gasteiger partial charge in [0.2, 0.25) is 0 Å². The van der Waals surface area contributed by atoms with Crippen LogP contribution in [0.4, 0.5) is 0 Å². The second-order valence-corrected chi connectivity index (χ2v) is 6.56. The van der Waals surface area contributed by atoms with Gasteiger partial charge in [0.05, 0.1) is 18.8 Å². The van der Waals surface area contributed by atoms with Crippen LogP contribution in [0.5, 0.6) is 0 Å². The van der Waals surface area contributed by atoms with Crippen LogP contribution in [-0.2, 0) is 9.26 Å². The van der Waals surface area contributed by atoms with Crippen molar-refractivity contribution >= 4 is 28.2 Å². The Balaban J connectivity index is 2.47. The first-order valence-corrected chi connectivity index (χ1v) is 8.38. The lowest BCUT2D eigenvalue weighted by atomic mass is 10.2. The maximum Gasteiger partial charge on any atom is 0.338 e. The van der Waals surface area contributed by atoms with Crippen LogP contribution in [-0.4, -0.2) is 30.0 Å². The highest BCUT2D eigenvalue weighted by Gasteiger charge is 2.07. The Labute approximate surface area is 110 Å². The summed E-state index contributed by atoms with van der Waals surface area (Å²) in [5.74, 6) is 0.341. The molecule has 0 saturated carbocycles. The van der Waals surface area contributed by atoms with E-state index in [1.54, 1.807) is 19.1 Å². The second-order valence-electron chi connectivity index (χ2n) is 3.40. The van der Waals surface area contributed by atoms with Crippen LogP contribution >= 0.6 is 17.0 Å². The molecule has 18 heavy (non-hydrogen) atoms. The maximum absolute atomic E-state index is 11.4. The second kappa shape index (κ2) is 8.55. The van der Waals surface area contributed by atoms with Crippen molar-refractivity contribution in [2.45, 2.75) is 13.8 Å². The molecule has 100 valence electrons. The average Bonchev–Trinajstić information content (AvgIpc) is 2.37. The highest BCUT2D eigenvalue weighted by atomic mass is 31.2. The van der Waals surface area contributed by atoms with E-state index < -0.39 is 8.38 Å². The van der Waals surface area contributed by atoms with Crippen molar-refractivity contribution in [3.63, 3.8) is 0 Å². The third-order valence-corrected chi connectivity index (χ3v) is 5.10. The zero-order valence-corrected chi connectivity index (χ0v) is 12.4. The van der Waals surface area contributed by atoms with Crippen molar-refractivity contribution in [1.29, 1.82) is 0 Å². The molecule has 1 N–H and O–H groups in total. The number of hydrogen-bond donors (Lipinski definition) is 1. The fourth-order valence-corrected chi connectivity index (χ4v) is 3.63. The van der Waals surface area contributed by atoms with Gasteiger partial charge < -0.3 is 14.2 Å². The van der Waals surface area contributed by atoms with Crippen LogP contribution in [0.15, 0.2) is 24.3 Å². The Bertz CT molecular complexity index is 367. The van der Waals surface area contributed by atoms with Crippen molar-refractivity contribution in [3.8, 4) is 0 Å². The van der Waals surface area contributed by atoms with E-state index in [0.717, 1.165) is 5.30 Å². The summed E-state index contributed by atoms with van der Waals surface area (Å²) >= 11 is 0. The van der Waals surface area contributed by atoms with E-state index in [1.165, 1.54) is 0 Å². The molecule has 0 aliphatic heterocycles. The SMILES string of the molecule is CCOC(=O)c1ccc(PCP(O)OCC)cc1. The fourth-order valence-electron chi connectivity index (χ4n) is 1.29. The quantitative estimate of drug-likeness (QED) is 0.618. The van der Waals surface area contributed by atoms with Gasteiger partial charge in [-0.1, -0.05) is 20.7 Å². The molecule has 0 bridgehead atoms. The van der Waals surface area contributed by atoms with Gasteiger partial charge in [0, 0.05) is 5.90 Å². The van der Waals surface area contributed by atoms with Crippen LogP contribution in [0.2, 0.25) is 0 Å². The minimum absolute atomic E-state index is 0.300. The van der Waals surface area contributed by atoms with Crippen molar-refractivity contribution in [3.05, 3.63) is 29.8 Å². The molecule has 0 aliphatic rings. The first kappa shape index (κ1) is 15.5. The van der Waals surface area contributed by atoms with Gasteiger partial charge in [-0.05, 0) is 31.3 Å². The van der Waals surface area contributed by atoms with Gasteiger partial charge in [-0.2, -0.15) is 0 Å². The molecule has 0 spiro atoms. The van der Waals surface area contributed by atoms with E-state index in [-0.39, 0.29) is 5.97 Å². The molecule has 0 heterocycles. The average molecular weight is 288 g/mol. The molecule has 2 unspecified atom stereocenters. The van der Waals surface area contributed by atoms with E-state index in [1.807, 2.05) is 19.1 Å². The summed E-state index contributed by atoms with van der Waals surface area (Å²) in [5, 5.41) is 1.10. The number of carbonyl (C=O) groups excluding carboxylic acids is 1. The summed E-state index contributed by atoms with van der Waals surface area (Å²) in [6, 6.07) is 7.28. The lowest BCUT2D eigenvalue weighted by Gasteiger charge is -2.09. The Morgan fingerprint density at radius 3 is 2.50 bits per heavy atom. The number of ether oxygens (including phenoxy) is 1. The van der Waals surface area contributed by atoms with E-state index in [0.29, 0.717) is 33.3 Å². The molecule has 0 saturated heterocycles. The summed E-state index contributed by atoms with van der Waals surface area (Å²) in [4.78, 5) is 20.9. The third kappa shape index (κ3) is 5.41. The Kier molecular flexibility index (Phi) is 7.38. The number of esters is 1. The largest absolute Gasteiger partial charge is 0.462 e. The molecule has 2 atom stereocenters. The van der Waals surface area contributed by atoms with Gasteiger partial charge in [0.25, 0.3) is 0 Å². The van der Waals surface area contributed by atoms with Crippen molar-refractivity contribution in [2.24, 2.45) is 0 Å². The highest BCUT2D eigenvalue weighted by molar-refractivity contribution is 7.64. The highest BCUT2D eigenvalue weighted by Crippen LogP contribution is 2.37. The minimum Gasteiger partial charge on any atom is -0.462 e. The topological polar surface area (TPSA) is 55.8 Å². The molecular formula is C12H18O4P2. The monoisotopic (exact) mass is 288 g/mol. The standard InChI is InChI=1S/C12H18O4P2/c1-3-15-12(13)10-5-7-11(8-6-10)17-9-18(14)16-4-2/h5-8,14,17H,3-4,9H2,1-2H3. The smallest absolute Gasteiger partial charge is 0.338 e. The molecule has 6 heteroatoms. The minimum atomic E-state index is -1.31. The Morgan fingerprint density at radius 1 is 1.28 bits per heavy atom. The first-order chi connectivity index (χ1) is 8.67. The molecule has 4 nitrogen and oxygen atoms in total. The molecule has 0 aromatic heterocycles. The van der Waals surface area contributed by atoms with Crippen molar-refractivity contribution in [2.75, 3.05) is 19.1 Å². The van der Waals surface area contributed by atoms with Gasteiger partial charge in [-0.25, -0.2) is 4.79 Å². The van der Waals surface area contributed by atoms with Crippen LogP contribution in [0, 0.1) is 0 Å². The number of benzene rings is 1. The molecule has 0 amide bonds. The summed E-state index contributed by atoms with van der Waals surface area (Å²) in [5.41, 5.74) is 0.557. The molecule has 1 aromatic carbocycles. The van der Waals surface area contributed by atoms with Gasteiger partial charge >= 0.3 is 5.97 Å². The van der Waals surface area contributed by atoms with Crippen molar-refractivity contribution < 1.29 is 18.9 Å². The molecular weight excluding hydrogens is 270 g/mol. The predicted molar refractivity (Wildman–Crippen MR) is 76.0 cm³/mol. The lowest BCUT2D eigenvalue weighted by Crippen LogP contribution is -2.06.